The fourth-order valence-corrected chi connectivity index (χ4v) is 2.81. The highest BCUT2D eigenvalue weighted by Crippen LogP contribution is 2.35. The van der Waals surface area contributed by atoms with Gasteiger partial charge in [0.2, 0.25) is 0 Å². The van der Waals surface area contributed by atoms with Crippen LogP contribution in [0.15, 0.2) is 59.3 Å². The lowest BCUT2D eigenvalue weighted by Gasteiger charge is -2.27. The van der Waals surface area contributed by atoms with Gasteiger partial charge >= 0.3 is 0 Å². The molecule has 1 heteroatoms. The van der Waals surface area contributed by atoms with Crippen molar-refractivity contribution in [2.45, 2.75) is 73.3 Å². The van der Waals surface area contributed by atoms with Gasteiger partial charge in [-0.1, -0.05) is 66.2 Å². The smallest absolute Gasteiger partial charge is 0.0660 e. The second-order valence-electron chi connectivity index (χ2n) is 8.32. The third kappa shape index (κ3) is 9.08. The molecule has 0 spiro atoms. The molecule has 24 heavy (non-hydrogen) atoms. The van der Waals surface area contributed by atoms with Crippen molar-refractivity contribution in [3.05, 3.63) is 59.3 Å². The Labute approximate surface area is 149 Å². The van der Waals surface area contributed by atoms with Gasteiger partial charge in [-0.15, -0.1) is 0 Å². The lowest BCUT2D eigenvalue weighted by molar-refractivity contribution is 0.0148. The number of hydrogen-bond donors (Lipinski definition) is 0. The molecule has 0 aliphatic heterocycles. The zero-order valence-electron chi connectivity index (χ0n) is 16.8. The van der Waals surface area contributed by atoms with Crippen LogP contribution in [-0.4, -0.2) is 12.2 Å². The minimum Gasteiger partial charge on any atom is -0.372 e. The van der Waals surface area contributed by atoms with Gasteiger partial charge in [0.15, 0.2) is 0 Å². The molecule has 1 unspecified atom stereocenters. The maximum absolute atomic E-state index is 5.71. The minimum atomic E-state index is -0.0796. The molecule has 1 nitrogen and oxygen atoms in total. The Kier molecular flexibility index (Phi) is 7.96. The highest BCUT2D eigenvalue weighted by atomic mass is 16.5. The molecule has 0 heterocycles. The van der Waals surface area contributed by atoms with Crippen LogP contribution in [-0.2, 0) is 4.74 Å². The first-order valence-electron chi connectivity index (χ1n) is 9.13. The molecule has 0 saturated heterocycles. The van der Waals surface area contributed by atoms with E-state index in [0.29, 0.717) is 6.61 Å². The summed E-state index contributed by atoms with van der Waals surface area (Å²) in [5, 5.41) is 0. The first-order chi connectivity index (χ1) is 11.1. The van der Waals surface area contributed by atoms with E-state index in [1.54, 1.807) is 0 Å². The van der Waals surface area contributed by atoms with Gasteiger partial charge < -0.3 is 4.74 Å². The zero-order valence-corrected chi connectivity index (χ0v) is 16.8. The average Bonchev–Trinajstić information content (AvgIpc) is 2.43. The van der Waals surface area contributed by atoms with Crippen molar-refractivity contribution in [2.75, 3.05) is 6.61 Å². The summed E-state index contributed by atoms with van der Waals surface area (Å²) in [5.41, 5.74) is 4.17. The predicted octanol–water partition coefficient (Wildman–Crippen LogP) is 6.94. The molecule has 1 rings (SSSR count). The lowest BCUT2D eigenvalue weighted by Crippen LogP contribution is -2.18. The molecule has 0 aromatic heterocycles. The summed E-state index contributed by atoms with van der Waals surface area (Å²) >= 11 is 0. The summed E-state index contributed by atoms with van der Waals surface area (Å²) in [6.45, 7) is 15.7. The Hall–Kier alpha value is -1.34. The number of ether oxygens (including phenoxy) is 1. The van der Waals surface area contributed by atoms with Crippen molar-refractivity contribution in [1.29, 1.82) is 0 Å². The highest BCUT2D eigenvalue weighted by molar-refractivity contribution is 5.29. The van der Waals surface area contributed by atoms with Gasteiger partial charge in [0, 0.05) is 5.41 Å². The third-order valence-electron chi connectivity index (χ3n) is 4.23. The van der Waals surface area contributed by atoms with E-state index >= 15 is 0 Å². The zero-order chi connectivity index (χ0) is 18.2. The molecule has 0 saturated carbocycles. The Bertz CT molecular complexity index is 549. The molecule has 0 radical (unpaired) electrons. The third-order valence-corrected chi connectivity index (χ3v) is 4.23. The molecule has 1 atom stereocenters. The van der Waals surface area contributed by atoms with E-state index in [-0.39, 0.29) is 11.0 Å². The molecule has 0 amide bonds. The maximum Gasteiger partial charge on any atom is 0.0660 e. The molecule has 0 bridgehead atoms. The van der Waals surface area contributed by atoms with Gasteiger partial charge in [-0.05, 0) is 60.8 Å². The van der Waals surface area contributed by atoms with Crippen LogP contribution in [0.2, 0.25) is 0 Å². The van der Waals surface area contributed by atoms with E-state index < -0.39 is 0 Å². The summed E-state index contributed by atoms with van der Waals surface area (Å²) < 4.78 is 5.71. The second kappa shape index (κ2) is 9.22. The summed E-state index contributed by atoms with van der Waals surface area (Å²) in [7, 11) is 0. The Morgan fingerprint density at radius 2 is 1.92 bits per heavy atom. The fraction of sp³-hybridized carbons (Fsp3) is 0.565. The predicted molar refractivity (Wildman–Crippen MR) is 107 cm³/mol. The van der Waals surface area contributed by atoms with Crippen LogP contribution < -0.4 is 0 Å². The maximum atomic E-state index is 5.71. The first-order valence-corrected chi connectivity index (χ1v) is 9.13. The van der Waals surface area contributed by atoms with Crippen LogP contribution in [0.4, 0.5) is 0 Å². The Morgan fingerprint density at radius 1 is 1.21 bits per heavy atom. The lowest BCUT2D eigenvalue weighted by atomic mass is 9.78. The van der Waals surface area contributed by atoms with Crippen LogP contribution in [0.3, 0.4) is 0 Å². The van der Waals surface area contributed by atoms with Crippen LogP contribution in [0, 0.1) is 5.41 Å². The summed E-state index contributed by atoms with van der Waals surface area (Å²) in [5.74, 6) is 0. The van der Waals surface area contributed by atoms with Crippen molar-refractivity contribution in [2.24, 2.45) is 5.41 Å². The molecule has 134 valence electrons. The normalized spacial score (nSPS) is 24.0. The van der Waals surface area contributed by atoms with Crippen LogP contribution in [0.5, 0.6) is 0 Å². The van der Waals surface area contributed by atoms with Crippen LogP contribution >= 0.6 is 0 Å². The topological polar surface area (TPSA) is 9.23 Å². The molecule has 0 N–H and O–H groups in total. The van der Waals surface area contributed by atoms with Gasteiger partial charge in [-0.2, -0.15) is 0 Å². The molecule has 0 aromatic carbocycles. The minimum absolute atomic E-state index is 0.0796. The van der Waals surface area contributed by atoms with E-state index in [1.807, 2.05) is 0 Å². The van der Waals surface area contributed by atoms with E-state index in [9.17, 15) is 0 Å². The molecule has 1 aliphatic rings. The molecule has 0 aromatic rings. The van der Waals surface area contributed by atoms with Gasteiger partial charge in [-0.3, -0.25) is 0 Å². The highest BCUT2D eigenvalue weighted by Gasteiger charge is 2.21. The van der Waals surface area contributed by atoms with E-state index in [2.05, 4.69) is 91.0 Å². The van der Waals surface area contributed by atoms with Crippen molar-refractivity contribution >= 4 is 0 Å². The van der Waals surface area contributed by atoms with Crippen molar-refractivity contribution in [1.82, 2.24) is 0 Å². The van der Waals surface area contributed by atoms with E-state index in [1.165, 1.54) is 36.0 Å². The van der Waals surface area contributed by atoms with Gasteiger partial charge in [-0.25, -0.2) is 0 Å². The first kappa shape index (κ1) is 20.7. The Balaban J connectivity index is 2.55. The number of allylic oxidation sites excluding steroid dienone is 9. The molecular formula is C23H36O. The standard InChI is InChI=1S/C23H36O/c1-19(13-16-23(7)15-9-12-21(3)18-23)10-8-11-20(2)14-17-24-22(4,5)6/h8,10-11,13-14,16,18H,9,12,15,17H2,1-7H3/b11-8+,16-13+,19-10+,20-14+. The second-order valence-corrected chi connectivity index (χ2v) is 8.32. The van der Waals surface area contributed by atoms with Gasteiger partial charge in [0.05, 0.1) is 12.2 Å². The van der Waals surface area contributed by atoms with Gasteiger partial charge in [0.25, 0.3) is 0 Å². The molecular weight excluding hydrogens is 292 g/mol. The summed E-state index contributed by atoms with van der Waals surface area (Å²) in [6.07, 6.45) is 19.4. The van der Waals surface area contributed by atoms with Gasteiger partial charge in [0.1, 0.15) is 0 Å². The van der Waals surface area contributed by atoms with E-state index in [0.717, 1.165) is 0 Å². The number of rotatable bonds is 6. The average molecular weight is 329 g/mol. The largest absolute Gasteiger partial charge is 0.372 e. The molecule has 1 aliphatic carbocycles. The SMILES string of the molecule is CC1=CC(C)(/C=C/C(C)=C/C=C/C(C)=C/COC(C)(C)C)CCC1. The Morgan fingerprint density at radius 3 is 2.54 bits per heavy atom. The van der Waals surface area contributed by atoms with Crippen molar-refractivity contribution < 1.29 is 4.74 Å². The fourth-order valence-electron chi connectivity index (χ4n) is 2.81. The summed E-state index contributed by atoms with van der Waals surface area (Å²) in [4.78, 5) is 0. The monoisotopic (exact) mass is 328 g/mol. The van der Waals surface area contributed by atoms with E-state index in [4.69, 9.17) is 4.74 Å². The van der Waals surface area contributed by atoms with Crippen molar-refractivity contribution in [3.63, 3.8) is 0 Å². The quantitative estimate of drug-likeness (QED) is 0.379. The van der Waals surface area contributed by atoms with Crippen LogP contribution in [0.25, 0.3) is 0 Å². The summed E-state index contributed by atoms with van der Waals surface area (Å²) in [6, 6.07) is 0. The van der Waals surface area contributed by atoms with Crippen LogP contribution in [0.1, 0.15) is 67.7 Å². The molecule has 0 fully saturated rings. The number of hydrogen-bond acceptors (Lipinski definition) is 1. The van der Waals surface area contributed by atoms with Crippen molar-refractivity contribution in [3.8, 4) is 0 Å².